The van der Waals surface area contributed by atoms with Gasteiger partial charge in [-0.3, -0.25) is 0 Å². The number of hydrogen-bond acceptors (Lipinski definition) is 3. The summed E-state index contributed by atoms with van der Waals surface area (Å²) in [5, 5.41) is 4.46. The van der Waals surface area contributed by atoms with Crippen LogP contribution in [0.2, 0.25) is 0 Å². The molecule has 1 aromatic carbocycles. The van der Waals surface area contributed by atoms with E-state index in [1.807, 2.05) is 6.07 Å². The van der Waals surface area contributed by atoms with Gasteiger partial charge in [-0.05, 0) is 18.6 Å². The van der Waals surface area contributed by atoms with Gasteiger partial charge in [0.2, 0.25) is 0 Å². The lowest BCUT2D eigenvalue weighted by molar-refractivity contribution is 0.906. The van der Waals surface area contributed by atoms with Crippen LogP contribution in [0.1, 0.15) is 16.8 Å². The molecule has 4 nitrogen and oxygen atoms in total. The van der Waals surface area contributed by atoms with Crippen LogP contribution in [0.15, 0.2) is 42.6 Å². The van der Waals surface area contributed by atoms with Crippen molar-refractivity contribution in [2.45, 2.75) is 13.3 Å². The minimum atomic E-state index is 0.607. The average molecular weight is 238 g/mol. The molecule has 3 rings (SSSR count). The molecule has 0 saturated heterocycles. The predicted molar refractivity (Wildman–Crippen MR) is 71.4 cm³/mol. The summed E-state index contributed by atoms with van der Waals surface area (Å²) in [6.45, 7) is 2.08. The molecule has 2 heterocycles. The van der Waals surface area contributed by atoms with E-state index in [1.54, 1.807) is 16.8 Å². The molecule has 2 aromatic heterocycles. The van der Waals surface area contributed by atoms with Gasteiger partial charge in [0.15, 0.2) is 5.65 Å². The fourth-order valence-electron chi connectivity index (χ4n) is 1.96. The van der Waals surface area contributed by atoms with E-state index in [0.717, 1.165) is 17.8 Å². The number of benzene rings is 1. The molecular formula is C14H14N4. The third-order valence-corrected chi connectivity index (χ3v) is 2.94. The van der Waals surface area contributed by atoms with Gasteiger partial charge < -0.3 is 5.73 Å². The highest BCUT2D eigenvalue weighted by atomic mass is 15.3. The van der Waals surface area contributed by atoms with E-state index in [4.69, 9.17) is 5.73 Å². The van der Waals surface area contributed by atoms with Crippen LogP contribution in [0.25, 0.3) is 5.65 Å². The number of rotatable bonds is 2. The zero-order valence-electron chi connectivity index (χ0n) is 10.2. The molecule has 0 aliphatic heterocycles. The molecule has 0 radical (unpaired) electrons. The molecule has 0 atom stereocenters. The summed E-state index contributed by atoms with van der Waals surface area (Å²) in [6.07, 6.45) is 2.49. The number of fused-ring (bicyclic) bond motifs is 1. The summed E-state index contributed by atoms with van der Waals surface area (Å²) in [5.74, 6) is 0.607. The van der Waals surface area contributed by atoms with Crippen molar-refractivity contribution >= 4 is 11.5 Å². The Morgan fingerprint density at radius 1 is 1.17 bits per heavy atom. The predicted octanol–water partition coefficient (Wildman–Crippen LogP) is 2.21. The first-order chi connectivity index (χ1) is 8.72. The number of nitrogens with zero attached hydrogens (tertiary/aromatic N) is 3. The maximum atomic E-state index is 5.84. The molecule has 90 valence electrons. The molecule has 0 aliphatic carbocycles. The van der Waals surface area contributed by atoms with E-state index in [0.29, 0.717) is 5.82 Å². The minimum absolute atomic E-state index is 0.607. The van der Waals surface area contributed by atoms with Gasteiger partial charge in [0, 0.05) is 18.7 Å². The third-order valence-electron chi connectivity index (χ3n) is 2.94. The van der Waals surface area contributed by atoms with Crippen molar-refractivity contribution < 1.29 is 0 Å². The highest BCUT2D eigenvalue weighted by Crippen LogP contribution is 2.13. The molecular weight excluding hydrogens is 224 g/mol. The molecule has 0 fully saturated rings. The summed E-state index contributed by atoms with van der Waals surface area (Å²) in [5.41, 5.74) is 10.1. The second-order valence-corrected chi connectivity index (χ2v) is 4.44. The first-order valence-electron chi connectivity index (χ1n) is 5.87. The van der Waals surface area contributed by atoms with Gasteiger partial charge >= 0.3 is 0 Å². The quantitative estimate of drug-likeness (QED) is 0.744. The number of aromatic nitrogens is 3. The van der Waals surface area contributed by atoms with Crippen LogP contribution < -0.4 is 5.73 Å². The topological polar surface area (TPSA) is 56.2 Å². The van der Waals surface area contributed by atoms with Gasteiger partial charge in [0.25, 0.3) is 0 Å². The van der Waals surface area contributed by atoms with Crippen molar-refractivity contribution in [1.29, 1.82) is 0 Å². The zero-order chi connectivity index (χ0) is 12.5. The molecule has 0 aliphatic rings. The first kappa shape index (κ1) is 10.8. The summed E-state index contributed by atoms with van der Waals surface area (Å²) in [6, 6.07) is 12.2. The number of anilines is 1. The summed E-state index contributed by atoms with van der Waals surface area (Å²) >= 11 is 0. The van der Waals surface area contributed by atoms with Gasteiger partial charge in [-0.2, -0.15) is 9.61 Å². The average Bonchev–Trinajstić information content (AvgIpc) is 2.76. The Hall–Kier alpha value is -2.36. The van der Waals surface area contributed by atoms with Gasteiger partial charge in [0.05, 0.1) is 5.69 Å². The van der Waals surface area contributed by atoms with E-state index >= 15 is 0 Å². The van der Waals surface area contributed by atoms with Crippen LogP contribution in [0.5, 0.6) is 0 Å². The maximum absolute atomic E-state index is 5.84. The smallest absolute Gasteiger partial charge is 0.157 e. The Bertz CT molecular complexity index is 683. The van der Waals surface area contributed by atoms with Crippen LogP contribution >= 0.6 is 0 Å². The Labute approximate surface area is 105 Å². The van der Waals surface area contributed by atoms with Crippen molar-refractivity contribution in [3.63, 3.8) is 0 Å². The van der Waals surface area contributed by atoms with E-state index in [1.165, 1.54) is 11.1 Å². The number of aryl methyl sites for hydroxylation is 1. The van der Waals surface area contributed by atoms with Crippen molar-refractivity contribution in [1.82, 2.24) is 14.6 Å². The van der Waals surface area contributed by atoms with Gasteiger partial charge in [-0.25, -0.2) is 4.98 Å². The lowest BCUT2D eigenvalue weighted by Crippen LogP contribution is -1.99. The van der Waals surface area contributed by atoms with Crippen molar-refractivity contribution in [3.05, 3.63) is 59.4 Å². The second-order valence-electron chi connectivity index (χ2n) is 4.44. The third kappa shape index (κ3) is 1.93. The Balaban J connectivity index is 1.95. The fourth-order valence-corrected chi connectivity index (χ4v) is 1.96. The zero-order valence-corrected chi connectivity index (χ0v) is 10.2. The van der Waals surface area contributed by atoms with E-state index < -0.39 is 0 Å². The molecule has 0 spiro atoms. The lowest BCUT2D eigenvalue weighted by Gasteiger charge is -1.98. The normalized spacial score (nSPS) is 10.9. The van der Waals surface area contributed by atoms with Crippen LogP contribution in [0.4, 0.5) is 5.82 Å². The van der Waals surface area contributed by atoms with Gasteiger partial charge in [0.1, 0.15) is 5.82 Å². The Morgan fingerprint density at radius 3 is 2.67 bits per heavy atom. The molecule has 0 amide bonds. The number of nitrogen functional groups attached to an aromatic ring is 1. The van der Waals surface area contributed by atoms with Crippen LogP contribution in [-0.2, 0) is 6.42 Å². The largest absolute Gasteiger partial charge is 0.384 e. The standard InChI is InChI=1S/C14H14N4/c1-10-2-4-11(5-3-10)8-12-9-14-16-7-6-13(15)18(14)17-12/h2-7,9H,8,15H2,1H3. The fraction of sp³-hybridized carbons (Fsp3) is 0.143. The highest BCUT2D eigenvalue weighted by molar-refractivity contribution is 5.46. The highest BCUT2D eigenvalue weighted by Gasteiger charge is 2.05. The lowest BCUT2D eigenvalue weighted by atomic mass is 10.1. The van der Waals surface area contributed by atoms with Crippen LogP contribution in [0.3, 0.4) is 0 Å². The van der Waals surface area contributed by atoms with Crippen molar-refractivity contribution in [2.75, 3.05) is 5.73 Å². The summed E-state index contributed by atoms with van der Waals surface area (Å²) in [4.78, 5) is 4.24. The molecule has 18 heavy (non-hydrogen) atoms. The second kappa shape index (κ2) is 4.14. The van der Waals surface area contributed by atoms with Crippen molar-refractivity contribution in [3.8, 4) is 0 Å². The monoisotopic (exact) mass is 238 g/mol. The first-order valence-corrected chi connectivity index (χ1v) is 5.87. The molecule has 0 bridgehead atoms. The molecule has 4 heteroatoms. The molecule has 0 saturated carbocycles. The minimum Gasteiger partial charge on any atom is -0.384 e. The SMILES string of the molecule is Cc1ccc(Cc2cc3nccc(N)n3n2)cc1. The van der Waals surface area contributed by atoms with Gasteiger partial charge in [-0.15, -0.1) is 0 Å². The van der Waals surface area contributed by atoms with E-state index in [2.05, 4.69) is 41.3 Å². The summed E-state index contributed by atoms with van der Waals surface area (Å²) in [7, 11) is 0. The van der Waals surface area contributed by atoms with Crippen LogP contribution in [-0.4, -0.2) is 14.6 Å². The molecule has 3 aromatic rings. The molecule has 2 N–H and O–H groups in total. The molecule has 0 unspecified atom stereocenters. The Morgan fingerprint density at radius 2 is 1.94 bits per heavy atom. The number of hydrogen-bond donors (Lipinski definition) is 1. The van der Waals surface area contributed by atoms with Crippen molar-refractivity contribution in [2.24, 2.45) is 0 Å². The Kier molecular flexibility index (Phi) is 2.48. The summed E-state index contributed by atoms with van der Waals surface area (Å²) < 4.78 is 1.67. The van der Waals surface area contributed by atoms with Crippen LogP contribution in [0, 0.1) is 6.92 Å². The number of nitrogens with two attached hydrogens (primary N) is 1. The maximum Gasteiger partial charge on any atom is 0.157 e. The van der Waals surface area contributed by atoms with Gasteiger partial charge in [-0.1, -0.05) is 29.8 Å². The van der Waals surface area contributed by atoms with E-state index in [9.17, 15) is 0 Å². The van der Waals surface area contributed by atoms with E-state index in [-0.39, 0.29) is 0 Å².